The van der Waals surface area contributed by atoms with Crippen molar-refractivity contribution in [2.45, 2.75) is 26.4 Å². The summed E-state index contributed by atoms with van der Waals surface area (Å²) in [5.41, 5.74) is 2.39. The van der Waals surface area contributed by atoms with Gasteiger partial charge in [-0.15, -0.1) is 0 Å². The first-order chi connectivity index (χ1) is 14.0. The van der Waals surface area contributed by atoms with E-state index in [1.165, 1.54) is 4.57 Å². The highest BCUT2D eigenvalue weighted by Crippen LogP contribution is 2.12. The summed E-state index contributed by atoms with van der Waals surface area (Å²) in [6, 6.07) is 6.70. The lowest BCUT2D eigenvalue weighted by atomic mass is 10.1. The van der Waals surface area contributed by atoms with E-state index in [4.69, 9.17) is 4.74 Å². The van der Waals surface area contributed by atoms with Gasteiger partial charge in [-0.3, -0.25) is 24.5 Å². The van der Waals surface area contributed by atoms with Gasteiger partial charge < -0.3 is 14.6 Å². The lowest BCUT2D eigenvalue weighted by molar-refractivity contribution is 0.0891. The van der Waals surface area contributed by atoms with E-state index in [0.29, 0.717) is 17.0 Å². The summed E-state index contributed by atoms with van der Waals surface area (Å²) >= 11 is 0. The average Bonchev–Trinajstić information content (AvgIpc) is 2.72. The van der Waals surface area contributed by atoms with Gasteiger partial charge in [0, 0.05) is 25.7 Å². The third-order valence-electron chi connectivity index (χ3n) is 4.45. The summed E-state index contributed by atoms with van der Waals surface area (Å²) in [6.45, 7) is 4.05. The first-order valence-electron chi connectivity index (χ1n) is 9.18. The van der Waals surface area contributed by atoms with Crippen LogP contribution in [0.5, 0.6) is 0 Å². The van der Waals surface area contributed by atoms with Gasteiger partial charge in [0.1, 0.15) is 5.56 Å². The maximum atomic E-state index is 13.0. The van der Waals surface area contributed by atoms with Gasteiger partial charge in [0.05, 0.1) is 42.5 Å². The van der Waals surface area contributed by atoms with Gasteiger partial charge in [0.2, 0.25) is 0 Å². The molecule has 0 saturated carbocycles. The van der Waals surface area contributed by atoms with Crippen LogP contribution in [0.3, 0.4) is 0 Å². The van der Waals surface area contributed by atoms with Gasteiger partial charge in [0.15, 0.2) is 0 Å². The van der Waals surface area contributed by atoms with Crippen LogP contribution in [0.2, 0.25) is 0 Å². The van der Waals surface area contributed by atoms with Crippen molar-refractivity contribution < 1.29 is 9.53 Å². The number of nitrogens with zero attached hydrogens (tertiary/aromatic N) is 4. The Labute approximate surface area is 168 Å². The molecule has 0 aliphatic carbocycles. The SMILES string of the molecule is COCC(NC(=O)c1c(C)ccn(Cc2cnc(C)cn2)c1=O)c1ccccn1. The minimum absolute atomic E-state index is 0.0876. The zero-order valence-corrected chi connectivity index (χ0v) is 16.6. The molecule has 0 aliphatic rings. The zero-order valence-electron chi connectivity index (χ0n) is 16.6. The quantitative estimate of drug-likeness (QED) is 0.657. The molecule has 0 radical (unpaired) electrons. The molecule has 8 heteroatoms. The van der Waals surface area contributed by atoms with Crippen LogP contribution in [-0.4, -0.2) is 39.1 Å². The van der Waals surface area contributed by atoms with Crippen LogP contribution in [0, 0.1) is 13.8 Å². The van der Waals surface area contributed by atoms with E-state index >= 15 is 0 Å². The molecule has 0 fully saturated rings. The van der Waals surface area contributed by atoms with Gasteiger partial charge in [0.25, 0.3) is 11.5 Å². The second-order valence-electron chi connectivity index (χ2n) is 6.69. The van der Waals surface area contributed by atoms with Crippen molar-refractivity contribution in [3.8, 4) is 0 Å². The highest BCUT2D eigenvalue weighted by molar-refractivity contribution is 5.95. The number of carbonyl (C=O) groups is 1. The van der Waals surface area contributed by atoms with E-state index in [-0.39, 0.29) is 24.3 Å². The highest BCUT2D eigenvalue weighted by Gasteiger charge is 2.21. The van der Waals surface area contributed by atoms with Crippen LogP contribution < -0.4 is 10.9 Å². The molecule has 29 heavy (non-hydrogen) atoms. The van der Waals surface area contributed by atoms with E-state index in [1.807, 2.05) is 13.0 Å². The molecule has 1 N–H and O–H groups in total. The number of amides is 1. The molecule has 8 nitrogen and oxygen atoms in total. The minimum atomic E-state index is -0.468. The molecular weight excluding hydrogens is 370 g/mol. The smallest absolute Gasteiger partial charge is 0.264 e. The zero-order chi connectivity index (χ0) is 20.8. The number of nitrogens with one attached hydrogen (secondary N) is 1. The standard InChI is InChI=1S/C21H23N5O3/c1-14-7-9-26(12-16-11-23-15(2)10-24-16)21(28)19(14)20(27)25-18(13-29-3)17-6-4-5-8-22-17/h4-11,18H,12-13H2,1-3H3,(H,25,27). The summed E-state index contributed by atoms with van der Waals surface area (Å²) < 4.78 is 6.67. The molecule has 3 rings (SSSR count). The van der Waals surface area contributed by atoms with E-state index < -0.39 is 11.9 Å². The number of ether oxygens (including phenoxy) is 1. The van der Waals surface area contributed by atoms with E-state index in [1.54, 1.807) is 57.0 Å². The largest absolute Gasteiger partial charge is 0.382 e. The van der Waals surface area contributed by atoms with Crippen molar-refractivity contribution in [2.24, 2.45) is 0 Å². The topological polar surface area (TPSA) is 99.0 Å². The second-order valence-corrected chi connectivity index (χ2v) is 6.69. The Morgan fingerprint density at radius 2 is 2.00 bits per heavy atom. The number of aryl methyl sites for hydroxylation is 2. The summed E-state index contributed by atoms with van der Waals surface area (Å²) in [6.07, 6.45) is 6.57. The first-order valence-corrected chi connectivity index (χ1v) is 9.18. The summed E-state index contributed by atoms with van der Waals surface area (Å²) in [7, 11) is 1.55. The number of methoxy groups -OCH3 is 1. The fourth-order valence-corrected chi connectivity index (χ4v) is 2.92. The Kier molecular flexibility index (Phi) is 6.46. The fraction of sp³-hybridized carbons (Fsp3) is 0.286. The van der Waals surface area contributed by atoms with E-state index in [2.05, 4.69) is 20.3 Å². The molecule has 0 aromatic carbocycles. The van der Waals surface area contributed by atoms with Crippen molar-refractivity contribution in [1.29, 1.82) is 0 Å². The molecule has 1 amide bonds. The van der Waals surface area contributed by atoms with Crippen LogP contribution in [0.4, 0.5) is 0 Å². The maximum absolute atomic E-state index is 13.0. The van der Waals surface area contributed by atoms with Gasteiger partial charge >= 0.3 is 0 Å². The van der Waals surface area contributed by atoms with Gasteiger partial charge in [-0.1, -0.05) is 6.07 Å². The molecule has 3 heterocycles. The Bertz CT molecular complexity index is 1030. The average molecular weight is 393 g/mol. The fourth-order valence-electron chi connectivity index (χ4n) is 2.92. The molecular formula is C21H23N5O3. The highest BCUT2D eigenvalue weighted by atomic mass is 16.5. The van der Waals surface area contributed by atoms with Crippen molar-refractivity contribution in [2.75, 3.05) is 13.7 Å². The maximum Gasteiger partial charge on any atom is 0.264 e. The summed E-state index contributed by atoms with van der Waals surface area (Å²) in [4.78, 5) is 38.7. The molecule has 0 saturated heterocycles. The molecule has 150 valence electrons. The third-order valence-corrected chi connectivity index (χ3v) is 4.45. The molecule has 3 aromatic heterocycles. The van der Waals surface area contributed by atoms with Crippen LogP contribution in [0.25, 0.3) is 0 Å². The van der Waals surface area contributed by atoms with E-state index in [0.717, 1.165) is 5.69 Å². The normalized spacial score (nSPS) is 11.8. The Balaban J connectivity index is 1.87. The minimum Gasteiger partial charge on any atom is -0.382 e. The Morgan fingerprint density at radius 3 is 2.66 bits per heavy atom. The molecule has 0 spiro atoms. The van der Waals surface area contributed by atoms with Crippen LogP contribution in [0.15, 0.2) is 53.8 Å². The van der Waals surface area contributed by atoms with Crippen LogP contribution >= 0.6 is 0 Å². The summed E-state index contributed by atoms with van der Waals surface area (Å²) in [5.74, 6) is -0.468. The van der Waals surface area contributed by atoms with Gasteiger partial charge in [-0.2, -0.15) is 0 Å². The molecule has 3 aromatic rings. The van der Waals surface area contributed by atoms with Crippen molar-refractivity contribution in [3.63, 3.8) is 0 Å². The molecule has 0 aliphatic heterocycles. The number of pyridine rings is 2. The number of aromatic nitrogens is 4. The number of hydrogen-bond donors (Lipinski definition) is 1. The number of rotatable bonds is 7. The van der Waals surface area contributed by atoms with Crippen LogP contribution in [0.1, 0.15) is 39.0 Å². The van der Waals surface area contributed by atoms with Crippen molar-refractivity contribution in [1.82, 2.24) is 24.8 Å². The number of hydrogen-bond acceptors (Lipinski definition) is 6. The third kappa shape index (κ3) is 4.91. The van der Waals surface area contributed by atoms with Crippen molar-refractivity contribution in [3.05, 3.63) is 87.6 Å². The Morgan fingerprint density at radius 1 is 1.17 bits per heavy atom. The van der Waals surface area contributed by atoms with Crippen LogP contribution in [-0.2, 0) is 11.3 Å². The monoisotopic (exact) mass is 393 g/mol. The lowest BCUT2D eigenvalue weighted by Gasteiger charge is -2.18. The van der Waals surface area contributed by atoms with E-state index in [9.17, 15) is 9.59 Å². The van der Waals surface area contributed by atoms with Gasteiger partial charge in [-0.05, 0) is 37.6 Å². The molecule has 0 bridgehead atoms. The number of carbonyl (C=O) groups excluding carboxylic acids is 1. The summed E-state index contributed by atoms with van der Waals surface area (Å²) in [5, 5.41) is 2.86. The first kappa shape index (κ1) is 20.3. The predicted octanol–water partition coefficient (Wildman–Crippen LogP) is 1.82. The molecule has 1 atom stereocenters. The lowest BCUT2D eigenvalue weighted by Crippen LogP contribution is -2.37. The van der Waals surface area contributed by atoms with Crippen molar-refractivity contribution >= 4 is 5.91 Å². The molecule has 1 unspecified atom stereocenters. The predicted molar refractivity (Wildman–Crippen MR) is 108 cm³/mol. The second kappa shape index (κ2) is 9.20. The van der Waals surface area contributed by atoms with Gasteiger partial charge in [-0.25, -0.2) is 0 Å². The Hall–Kier alpha value is -3.39.